The molecule has 2 aromatic rings. The first kappa shape index (κ1) is 14.1. The second-order valence-corrected chi connectivity index (χ2v) is 4.90. The van der Waals surface area contributed by atoms with E-state index in [0.717, 1.165) is 11.3 Å². The van der Waals surface area contributed by atoms with Crippen LogP contribution in [-0.4, -0.2) is 23.3 Å². The molecule has 1 aliphatic heterocycles. The van der Waals surface area contributed by atoms with Crippen molar-refractivity contribution in [2.75, 3.05) is 6.61 Å². The van der Waals surface area contributed by atoms with Gasteiger partial charge in [0.1, 0.15) is 12.4 Å². The Morgan fingerprint density at radius 2 is 1.91 bits per heavy atom. The molecule has 0 radical (unpaired) electrons. The van der Waals surface area contributed by atoms with Crippen LogP contribution in [0, 0.1) is 10.1 Å². The van der Waals surface area contributed by atoms with Crippen LogP contribution in [0.25, 0.3) is 0 Å². The van der Waals surface area contributed by atoms with Gasteiger partial charge in [0.25, 0.3) is 5.69 Å². The third-order valence-electron chi connectivity index (χ3n) is 3.32. The standard InChI is InChI=1S/C16H14N2O4/c19-18(20)13-6-8-14(9-7-13)21-11-15-10-16(17-22-15)12-4-2-1-3-5-12/h1-9,15H,10-11H2/t15-/m0/s1. The first-order chi connectivity index (χ1) is 10.7. The molecule has 0 amide bonds. The highest BCUT2D eigenvalue weighted by atomic mass is 16.7. The Labute approximate surface area is 127 Å². The minimum Gasteiger partial charge on any atom is -0.490 e. The SMILES string of the molecule is O=[N+]([O-])c1ccc(OC[C@@H]2CC(c3ccccc3)=NO2)cc1. The lowest BCUT2D eigenvalue weighted by molar-refractivity contribution is -0.384. The molecule has 0 N–H and O–H groups in total. The largest absolute Gasteiger partial charge is 0.490 e. The summed E-state index contributed by atoms with van der Waals surface area (Å²) in [6.45, 7) is 0.345. The van der Waals surface area contributed by atoms with E-state index in [9.17, 15) is 10.1 Å². The fraction of sp³-hybridized carbons (Fsp3) is 0.188. The highest BCUT2D eigenvalue weighted by Gasteiger charge is 2.22. The molecule has 0 spiro atoms. The van der Waals surface area contributed by atoms with Gasteiger partial charge in [-0.3, -0.25) is 10.1 Å². The number of hydrogen-bond donors (Lipinski definition) is 0. The molecule has 22 heavy (non-hydrogen) atoms. The predicted octanol–water partition coefficient (Wildman–Crippen LogP) is 3.17. The van der Waals surface area contributed by atoms with Crippen LogP contribution in [0.1, 0.15) is 12.0 Å². The number of rotatable bonds is 5. The van der Waals surface area contributed by atoms with Crippen LogP contribution in [0.4, 0.5) is 5.69 Å². The van der Waals surface area contributed by atoms with Gasteiger partial charge in [0.05, 0.1) is 10.6 Å². The zero-order chi connectivity index (χ0) is 15.4. The van der Waals surface area contributed by atoms with Crippen LogP contribution in [0.15, 0.2) is 59.8 Å². The highest BCUT2D eigenvalue weighted by molar-refractivity contribution is 6.01. The lowest BCUT2D eigenvalue weighted by atomic mass is 10.1. The molecule has 1 aliphatic rings. The zero-order valence-electron chi connectivity index (χ0n) is 11.7. The van der Waals surface area contributed by atoms with Gasteiger partial charge in [-0.05, 0) is 17.7 Å². The molecule has 2 aromatic carbocycles. The normalized spacial score (nSPS) is 16.7. The first-order valence-electron chi connectivity index (χ1n) is 6.88. The summed E-state index contributed by atoms with van der Waals surface area (Å²) in [5, 5.41) is 14.7. The van der Waals surface area contributed by atoms with Crippen molar-refractivity contribution in [3.05, 3.63) is 70.3 Å². The number of nitrogens with zero attached hydrogens (tertiary/aromatic N) is 2. The second-order valence-electron chi connectivity index (χ2n) is 4.90. The smallest absolute Gasteiger partial charge is 0.269 e. The Hall–Kier alpha value is -2.89. The van der Waals surface area contributed by atoms with Crippen molar-refractivity contribution in [3.8, 4) is 5.75 Å². The molecule has 6 heteroatoms. The molecule has 0 saturated carbocycles. The summed E-state index contributed by atoms with van der Waals surface area (Å²) in [6, 6.07) is 15.8. The van der Waals surface area contributed by atoms with Crippen LogP contribution in [0.2, 0.25) is 0 Å². The fourth-order valence-corrected chi connectivity index (χ4v) is 2.17. The van der Waals surface area contributed by atoms with Crippen LogP contribution in [-0.2, 0) is 4.84 Å². The van der Waals surface area contributed by atoms with E-state index in [1.165, 1.54) is 12.1 Å². The molecular weight excluding hydrogens is 284 g/mol. The molecular formula is C16H14N2O4. The summed E-state index contributed by atoms with van der Waals surface area (Å²) in [4.78, 5) is 15.5. The topological polar surface area (TPSA) is 74.0 Å². The fourth-order valence-electron chi connectivity index (χ4n) is 2.17. The quantitative estimate of drug-likeness (QED) is 0.627. The number of ether oxygens (including phenoxy) is 1. The molecule has 3 rings (SSSR count). The van der Waals surface area contributed by atoms with E-state index in [1.54, 1.807) is 12.1 Å². The summed E-state index contributed by atoms with van der Waals surface area (Å²) >= 11 is 0. The Bertz CT molecular complexity index is 683. The van der Waals surface area contributed by atoms with Crippen molar-refractivity contribution >= 4 is 11.4 Å². The van der Waals surface area contributed by atoms with Crippen molar-refractivity contribution in [2.45, 2.75) is 12.5 Å². The van der Waals surface area contributed by atoms with E-state index in [1.807, 2.05) is 30.3 Å². The number of nitro benzene ring substituents is 1. The van der Waals surface area contributed by atoms with Gasteiger partial charge in [-0.25, -0.2) is 0 Å². The molecule has 1 heterocycles. The maximum atomic E-state index is 10.6. The van der Waals surface area contributed by atoms with Gasteiger partial charge in [0, 0.05) is 18.6 Å². The number of benzene rings is 2. The van der Waals surface area contributed by atoms with E-state index in [0.29, 0.717) is 18.8 Å². The summed E-state index contributed by atoms with van der Waals surface area (Å²) in [5.74, 6) is 0.572. The average Bonchev–Trinajstić information content (AvgIpc) is 3.03. The van der Waals surface area contributed by atoms with Gasteiger partial charge < -0.3 is 9.57 Å². The van der Waals surface area contributed by atoms with Crippen molar-refractivity contribution in [3.63, 3.8) is 0 Å². The third kappa shape index (κ3) is 3.22. The minimum atomic E-state index is -0.441. The van der Waals surface area contributed by atoms with E-state index in [2.05, 4.69) is 5.16 Å². The van der Waals surface area contributed by atoms with E-state index in [-0.39, 0.29) is 11.8 Å². The Morgan fingerprint density at radius 1 is 1.18 bits per heavy atom. The molecule has 0 bridgehead atoms. The lowest BCUT2D eigenvalue weighted by Crippen LogP contribution is -2.18. The van der Waals surface area contributed by atoms with Crippen LogP contribution in [0.3, 0.4) is 0 Å². The summed E-state index contributed by atoms with van der Waals surface area (Å²) in [5.41, 5.74) is 1.98. The van der Waals surface area contributed by atoms with E-state index < -0.39 is 4.92 Å². The van der Waals surface area contributed by atoms with Gasteiger partial charge in [-0.1, -0.05) is 35.5 Å². The van der Waals surface area contributed by atoms with Crippen molar-refractivity contribution in [2.24, 2.45) is 5.16 Å². The molecule has 1 atom stereocenters. The maximum Gasteiger partial charge on any atom is 0.269 e. The Balaban J connectivity index is 1.52. The van der Waals surface area contributed by atoms with Gasteiger partial charge in [0.15, 0.2) is 6.10 Å². The monoisotopic (exact) mass is 298 g/mol. The zero-order valence-corrected chi connectivity index (χ0v) is 11.7. The van der Waals surface area contributed by atoms with Gasteiger partial charge in [0.2, 0.25) is 0 Å². The summed E-state index contributed by atoms with van der Waals surface area (Å²) in [7, 11) is 0. The molecule has 112 valence electrons. The summed E-state index contributed by atoms with van der Waals surface area (Å²) in [6.07, 6.45) is 0.530. The molecule has 0 unspecified atom stereocenters. The second kappa shape index (κ2) is 6.26. The Morgan fingerprint density at radius 3 is 2.59 bits per heavy atom. The molecule has 6 nitrogen and oxygen atoms in total. The van der Waals surface area contributed by atoms with Crippen LogP contribution in [0.5, 0.6) is 5.75 Å². The molecule has 0 aliphatic carbocycles. The number of nitro groups is 1. The van der Waals surface area contributed by atoms with E-state index in [4.69, 9.17) is 9.57 Å². The maximum absolute atomic E-state index is 10.6. The van der Waals surface area contributed by atoms with Gasteiger partial charge in [-0.2, -0.15) is 0 Å². The highest BCUT2D eigenvalue weighted by Crippen LogP contribution is 2.20. The van der Waals surface area contributed by atoms with E-state index >= 15 is 0 Å². The van der Waals surface area contributed by atoms with Crippen molar-refractivity contribution in [1.29, 1.82) is 0 Å². The third-order valence-corrected chi connectivity index (χ3v) is 3.32. The molecule has 0 fully saturated rings. The average molecular weight is 298 g/mol. The number of hydrogen-bond acceptors (Lipinski definition) is 5. The van der Waals surface area contributed by atoms with Crippen molar-refractivity contribution in [1.82, 2.24) is 0 Å². The Kier molecular flexibility index (Phi) is 4.00. The lowest BCUT2D eigenvalue weighted by Gasteiger charge is -2.10. The molecule has 0 aromatic heterocycles. The number of non-ortho nitro benzene ring substituents is 1. The minimum absolute atomic E-state index is 0.0409. The molecule has 0 saturated heterocycles. The van der Waals surface area contributed by atoms with Gasteiger partial charge >= 0.3 is 0 Å². The van der Waals surface area contributed by atoms with Gasteiger partial charge in [-0.15, -0.1) is 0 Å². The predicted molar refractivity (Wildman–Crippen MR) is 81.1 cm³/mol. The van der Waals surface area contributed by atoms with Crippen LogP contribution >= 0.6 is 0 Å². The first-order valence-corrected chi connectivity index (χ1v) is 6.88. The van der Waals surface area contributed by atoms with Crippen molar-refractivity contribution < 1.29 is 14.5 Å². The number of oxime groups is 1. The van der Waals surface area contributed by atoms with Crippen LogP contribution < -0.4 is 4.74 Å². The summed E-state index contributed by atoms with van der Waals surface area (Å²) < 4.78 is 5.59.